The van der Waals surface area contributed by atoms with Gasteiger partial charge >= 0.3 is 0 Å². The molecule has 1 unspecified atom stereocenters. The molecule has 0 radical (unpaired) electrons. The zero-order valence-corrected chi connectivity index (χ0v) is 13.9. The van der Waals surface area contributed by atoms with E-state index < -0.39 is 0 Å². The molecule has 120 valence electrons. The number of nitrogens with zero attached hydrogens (tertiary/aromatic N) is 1. The van der Waals surface area contributed by atoms with Gasteiger partial charge in [0.05, 0.1) is 0 Å². The topological polar surface area (TPSA) is 32.3 Å². The molecule has 0 spiro atoms. The fourth-order valence-corrected chi connectivity index (χ4v) is 3.15. The molecule has 0 saturated carbocycles. The van der Waals surface area contributed by atoms with Crippen LogP contribution in [0.15, 0.2) is 48.5 Å². The first-order valence-electron chi connectivity index (χ1n) is 8.29. The highest BCUT2D eigenvalue weighted by Gasteiger charge is 2.23. The van der Waals surface area contributed by atoms with E-state index in [0.717, 1.165) is 37.2 Å². The maximum absolute atomic E-state index is 12.3. The van der Waals surface area contributed by atoms with Crippen LogP contribution >= 0.6 is 0 Å². The summed E-state index contributed by atoms with van der Waals surface area (Å²) in [7, 11) is 0. The largest absolute Gasteiger partial charge is 0.371 e. The molecule has 1 fully saturated rings. The van der Waals surface area contributed by atoms with Gasteiger partial charge in [-0.1, -0.05) is 35.9 Å². The van der Waals surface area contributed by atoms with Crippen LogP contribution in [-0.2, 0) is 0 Å². The van der Waals surface area contributed by atoms with Gasteiger partial charge in [0.15, 0.2) is 0 Å². The van der Waals surface area contributed by atoms with Crippen molar-refractivity contribution < 1.29 is 4.79 Å². The smallest absolute Gasteiger partial charge is 0.251 e. The summed E-state index contributed by atoms with van der Waals surface area (Å²) < 4.78 is 0. The van der Waals surface area contributed by atoms with Crippen molar-refractivity contribution in [2.75, 3.05) is 24.5 Å². The van der Waals surface area contributed by atoms with Crippen LogP contribution in [0.3, 0.4) is 0 Å². The molecule has 1 amide bonds. The molecule has 1 heterocycles. The molecule has 1 saturated heterocycles. The second-order valence-corrected chi connectivity index (χ2v) is 6.46. The van der Waals surface area contributed by atoms with Crippen LogP contribution in [0.4, 0.5) is 5.69 Å². The first-order valence-corrected chi connectivity index (χ1v) is 8.29. The normalized spacial score (nSPS) is 17.3. The van der Waals surface area contributed by atoms with Gasteiger partial charge in [0.2, 0.25) is 0 Å². The molecule has 0 aliphatic carbocycles. The molecule has 3 rings (SSSR count). The van der Waals surface area contributed by atoms with E-state index in [-0.39, 0.29) is 5.91 Å². The van der Waals surface area contributed by atoms with Crippen molar-refractivity contribution in [3.05, 3.63) is 65.2 Å². The highest BCUT2D eigenvalue weighted by molar-refractivity contribution is 5.95. The number of hydrogen-bond acceptors (Lipinski definition) is 2. The van der Waals surface area contributed by atoms with Gasteiger partial charge < -0.3 is 10.2 Å². The third kappa shape index (κ3) is 3.73. The molecule has 3 nitrogen and oxygen atoms in total. The SMILES string of the molecule is Cc1ccc(N2CCC(CNC(=O)c3ccccc3C)C2)cc1. The molecule has 1 aliphatic rings. The van der Waals surface area contributed by atoms with Crippen LogP contribution in [0.25, 0.3) is 0 Å². The summed E-state index contributed by atoms with van der Waals surface area (Å²) >= 11 is 0. The van der Waals surface area contributed by atoms with Gasteiger partial charge in [-0.25, -0.2) is 0 Å². The highest BCUT2D eigenvalue weighted by Crippen LogP contribution is 2.23. The zero-order chi connectivity index (χ0) is 16.2. The van der Waals surface area contributed by atoms with Crippen LogP contribution in [0, 0.1) is 19.8 Å². The molecule has 23 heavy (non-hydrogen) atoms. The monoisotopic (exact) mass is 308 g/mol. The van der Waals surface area contributed by atoms with Crippen molar-refractivity contribution >= 4 is 11.6 Å². The molecule has 1 atom stereocenters. The van der Waals surface area contributed by atoms with E-state index in [1.54, 1.807) is 0 Å². The number of aryl methyl sites for hydroxylation is 2. The van der Waals surface area contributed by atoms with E-state index in [2.05, 4.69) is 41.4 Å². The number of rotatable bonds is 4. The van der Waals surface area contributed by atoms with Gasteiger partial charge in [-0.05, 0) is 49.9 Å². The lowest BCUT2D eigenvalue weighted by atomic mass is 10.1. The van der Waals surface area contributed by atoms with Gasteiger partial charge in [0.1, 0.15) is 0 Å². The van der Waals surface area contributed by atoms with Crippen molar-refractivity contribution in [1.82, 2.24) is 5.32 Å². The van der Waals surface area contributed by atoms with Gasteiger partial charge in [0, 0.05) is 30.9 Å². The van der Waals surface area contributed by atoms with Crippen molar-refractivity contribution in [3.63, 3.8) is 0 Å². The number of benzene rings is 2. The fourth-order valence-electron chi connectivity index (χ4n) is 3.15. The average Bonchev–Trinajstić information content (AvgIpc) is 3.03. The lowest BCUT2D eigenvalue weighted by Crippen LogP contribution is -2.31. The first kappa shape index (κ1) is 15.6. The Kier molecular flexibility index (Phi) is 4.65. The van der Waals surface area contributed by atoms with E-state index in [4.69, 9.17) is 0 Å². The minimum absolute atomic E-state index is 0.0388. The summed E-state index contributed by atoms with van der Waals surface area (Å²) in [5.74, 6) is 0.557. The maximum atomic E-state index is 12.3. The van der Waals surface area contributed by atoms with Gasteiger partial charge in [-0.2, -0.15) is 0 Å². The molecule has 3 heteroatoms. The zero-order valence-electron chi connectivity index (χ0n) is 13.9. The lowest BCUT2D eigenvalue weighted by molar-refractivity contribution is 0.0947. The van der Waals surface area contributed by atoms with E-state index in [1.165, 1.54) is 11.3 Å². The standard InChI is InChI=1S/C20H24N2O/c1-15-7-9-18(10-8-15)22-12-11-17(14-22)13-21-20(23)19-6-4-3-5-16(19)2/h3-10,17H,11-14H2,1-2H3,(H,21,23). The Morgan fingerprint density at radius 3 is 2.61 bits per heavy atom. The van der Waals surface area contributed by atoms with Gasteiger partial charge in [0.25, 0.3) is 5.91 Å². The van der Waals surface area contributed by atoms with Crippen molar-refractivity contribution in [3.8, 4) is 0 Å². The Hall–Kier alpha value is -2.29. The minimum atomic E-state index is 0.0388. The number of nitrogens with one attached hydrogen (secondary N) is 1. The van der Waals surface area contributed by atoms with Crippen LogP contribution < -0.4 is 10.2 Å². The number of hydrogen-bond donors (Lipinski definition) is 1. The third-order valence-corrected chi connectivity index (χ3v) is 4.63. The van der Waals surface area contributed by atoms with Gasteiger partial charge in [-0.15, -0.1) is 0 Å². The van der Waals surface area contributed by atoms with Crippen molar-refractivity contribution in [2.24, 2.45) is 5.92 Å². The van der Waals surface area contributed by atoms with Crippen molar-refractivity contribution in [2.45, 2.75) is 20.3 Å². The maximum Gasteiger partial charge on any atom is 0.251 e. The van der Waals surface area contributed by atoms with Crippen LogP contribution in [-0.4, -0.2) is 25.5 Å². The second kappa shape index (κ2) is 6.86. The quantitative estimate of drug-likeness (QED) is 0.936. The van der Waals surface area contributed by atoms with Crippen LogP contribution in [0.1, 0.15) is 27.9 Å². The summed E-state index contributed by atoms with van der Waals surface area (Å²) in [4.78, 5) is 14.7. The Labute approximate surface area is 138 Å². The number of anilines is 1. The molecule has 0 bridgehead atoms. The summed E-state index contributed by atoms with van der Waals surface area (Å²) in [5.41, 5.74) is 4.37. The minimum Gasteiger partial charge on any atom is -0.371 e. The Morgan fingerprint density at radius 1 is 1.13 bits per heavy atom. The van der Waals surface area contributed by atoms with E-state index in [1.807, 2.05) is 31.2 Å². The van der Waals surface area contributed by atoms with Crippen LogP contribution in [0.2, 0.25) is 0 Å². The first-order chi connectivity index (χ1) is 11.1. The average molecular weight is 308 g/mol. The van der Waals surface area contributed by atoms with Crippen LogP contribution in [0.5, 0.6) is 0 Å². The number of amides is 1. The van der Waals surface area contributed by atoms with E-state index >= 15 is 0 Å². The van der Waals surface area contributed by atoms with Crippen molar-refractivity contribution in [1.29, 1.82) is 0 Å². The van der Waals surface area contributed by atoms with E-state index in [9.17, 15) is 4.79 Å². The number of carbonyl (C=O) groups is 1. The molecule has 2 aromatic rings. The Balaban J connectivity index is 1.53. The Morgan fingerprint density at radius 2 is 1.87 bits per heavy atom. The summed E-state index contributed by atoms with van der Waals surface area (Å²) in [6, 6.07) is 16.4. The van der Waals surface area contributed by atoms with Gasteiger partial charge in [-0.3, -0.25) is 4.79 Å². The Bertz CT molecular complexity index is 678. The molecule has 2 aromatic carbocycles. The molecule has 1 N–H and O–H groups in total. The predicted molar refractivity (Wildman–Crippen MR) is 95.0 cm³/mol. The third-order valence-electron chi connectivity index (χ3n) is 4.63. The number of carbonyl (C=O) groups excluding carboxylic acids is 1. The van der Waals surface area contributed by atoms with E-state index in [0.29, 0.717) is 5.92 Å². The highest BCUT2D eigenvalue weighted by atomic mass is 16.1. The predicted octanol–water partition coefficient (Wildman–Crippen LogP) is 3.56. The fraction of sp³-hybridized carbons (Fsp3) is 0.350. The summed E-state index contributed by atoms with van der Waals surface area (Å²) in [6.07, 6.45) is 1.13. The molecule has 1 aliphatic heterocycles. The lowest BCUT2D eigenvalue weighted by Gasteiger charge is -2.19. The molecule has 0 aromatic heterocycles. The second-order valence-electron chi connectivity index (χ2n) is 6.46. The summed E-state index contributed by atoms with van der Waals surface area (Å²) in [5, 5.41) is 3.10. The molecular formula is C20H24N2O. The molecular weight excluding hydrogens is 284 g/mol. The summed E-state index contributed by atoms with van der Waals surface area (Å²) in [6.45, 7) is 6.90.